The lowest BCUT2D eigenvalue weighted by molar-refractivity contribution is 0.171. The standard InChI is InChI=1S/C12H17ClN2O4S/c1-15(2)4-3-14-20(16,17)12-8-11-10(7-9(12)13)18-5-6-19-11/h7-8,14H,3-6H2,1-2H3. The first kappa shape index (κ1) is 15.4. The molecule has 0 bridgehead atoms. The van der Waals surface area contributed by atoms with Gasteiger partial charge in [-0.3, -0.25) is 0 Å². The van der Waals surface area contributed by atoms with Crippen molar-refractivity contribution in [2.24, 2.45) is 0 Å². The Balaban J connectivity index is 2.22. The molecule has 6 nitrogen and oxygen atoms in total. The highest BCUT2D eigenvalue weighted by Crippen LogP contribution is 2.37. The molecule has 8 heteroatoms. The first-order chi connectivity index (χ1) is 9.40. The third kappa shape index (κ3) is 3.54. The Morgan fingerprint density at radius 3 is 2.45 bits per heavy atom. The van der Waals surface area contributed by atoms with Gasteiger partial charge in [-0.15, -0.1) is 0 Å². The van der Waals surface area contributed by atoms with E-state index in [1.807, 2.05) is 19.0 Å². The number of nitrogens with one attached hydrogen (secondary N) is 1. The number of hydrogen-bond donors (Lipinski definition) is 1. The van der Waals surface area contributed by atoms with Gasteiger partial charge in [0.15, 0.2) is 11.5 Å². The Labute approximate surface area is 123 Å². The molecular formula is C12H17ClN2O4S. The second-order valence-corrected chi connectivity index (χ2v) is 6.77. The number of sulfonamides is 1. The van der Waals surface area contributed by atoms with Crippen molar-refractivity contribution in [3.05, 3.63) is 17.2 Å². The van der Waals surface area contributed by atoms with Crippen molar-refractivity contribution < 1.29 is 17.9 Å². The first-order valence-corrected chi connectivity index (χ1v) is 8.00. The fourth-order valence-electron chi connectivity index (χ4n) is 1.73. The third-order valence-corrected chi connectivity index (χ3v) is 4.66. The molecule has 0 atom stereocenters. The van der Waals surface area contributed by atoms with E-state index in [2.05, 4.69) is 4.72 Å². The van der Waals surface area contributed by atoms with Gasteiger partial charge in [-0.1, -0.05) is 11.6 Å². The Bertz CT molecular complexity index is 589. The molecule has 1 heterocycles. The molecule has 1 aliphatic rings. The second-order valence-electron chi connectivity index (χ2n) is 4.63. The van der Waals surface area contributed by atoms with Gasteiger partial charge in [0, 0.05) is 25.2 Å². The molecule has 0 aromatic heterocycles. The lowest BCUT2D eigenvalue weighted by Crippen LogP contribution is -2.31. The van der Waals surface area contributed by atoms with E-state index in [1.165, 1.54) is 12.1 Å². The highest BCUT2D eigenvalue weighted by molar-refractivity contribution is 7.89. The summed E-state index contributed by atoms with van der Waals surface area (Å²) < 4.78 is 37.6. The van der Waals surface area contributed by atoms with Gasteiger partial charge in [0.2, 0.25) is 10.0 Å². The normalized spacial score (nSPS) is 14.6. The summed E-state index contributed by atoms with van der Waals surface area (Å²) in [5.74, 6) is 0.863. The maximum atomic E-state index is 12.2. The Hall–Kier alpha value is -1.02. The van der Waals surface area contributed by atoms with Crippen molar-refractivity contribution in [2.45, 2.75) is 4.90 Å². The topological polar surface area (TPSA) is 67.9 Å². The van der Waals surface area contributed by atoms with Gasteiger partial charge in [-0.2, -0.15) is 0 Å². The van der Waals surface area contributed by atoms with Crippen LogP contribution in [-0.4, -0.2) is 53.7 Å². The fraction of sp³-hybridized carbons (Fsp3) is 0.500. The van der Waals surface area contributed by atoms with Gasteiger partial charge < -0.3 is 14.4 Å². The van der Waals surface area contributed by atoms with E-state index in [4.69, 9.17) is 21.1 Å². The number of benzene rings is 1. The van der Waals surface area contributed by atoms with E-state index in [0.29, 0.717) is 37.8 Å². The van der Waals surface area contributed by atoms with Crippen LogP contribution in [0.5, 0.6) is 11.5 Å². The molecular weight excluding hydrogens is 304 g/mol. The van der Waals surface area contributed by atoms with Gasteiger partial charge in [0.1, 0.15) is 18.1 Å². The van der Waals surface area contributed by atoms with Crippen LogP contribution in [0.4, 0.5) is 0 Å². The number of hydrogen-bond acceptors (Lipinski definition) is 5. The molecule has 0 fully saturated rings. The Morgan fingerprint density at radius 2 is 1.85 bits per heavy atom. The predicted molar refractivity (Wildman–Crippen MR) is 76.2 cm³/mol. The van der Waals surface area contributed by atoms with Crippen molar-refractivity contribution in [2.75, 3.05) is 40.4 Å². The van der Waals surface area contributed by atoms with Crippen molar-refractivity contribution in [1.82, 2.24) is 9.62 Å². The van der Waals surface area contributed by atoms with Crippen molar-refractivity contribution in [3.63, 3.8) is 0 Å². The zero-order valence-electron chi connectivity index (χ0n) is 11.3. The number of ether oxygens (including phenoxy) is 2. The van der Waals surface area contributed by atoms with E-state index in [-0.39, 0.29) is 9.92 Å². The monoisotopic (exact) mass is 320 g/mol. The summed E-state index contributed by atoms with van der Waals surface area (Å²) in [7, 11) is 0.0686. The molecule has 1 aromatic carbocycles. The van der Waals surface area contributed by atoms with Crippen LogP contribution in [0.2, 0.25) is 5.02 Å². The predicted octanol–water partition coefficient (Wildman–Crippen LogP) is 0.951. The van der Waals surface area contributed by atoms with Crippen LogP contribution >= 0.6 is 11.6 Å². The lowest BCUT2D eigenvalue weighted by atomic mass is 10.3. The molecule has 1 aromatic rings. The van der Waals surface area contributed by atoms with E-state index in [0.717, 1.165) is 0 Å². The average molecular weight is 321 g/mol. The molecule has 1 N–H and O–H groups in total. The van der Waals surface area contributed by atoms with Crippen LogP contribution in [0.15, 0.2) is 17.0 Å². The molecule has 0 spiro atoms. The smallest absolute Gasteiger partial charge is 0.242 e. The average Bonchev–Trinajstić information content (AvgIpc) is 2.37. The highest BCUT2D eigenvalue weighted by atomic mass is 35.5. The van der Waals surface area contributed by atoms with Crippen molar-refractivity contribution in [1.29, 1.82) is 0 Å². The Morgan fingerprint density at radius 1 is 1.25 bits per heavy atom. The number of likely N-dealkylation sites (N-methyl/N-ethyl adjacent to an activating group) is 1. The van der Waals surface area contributed by atoms with Gasteiger partial charge >= 0.3 is 0 Å². The zero-order valence-corrected chi connectivity index (χ0v) is 12.9. The van der Waals surface area contributed by atoms with Crippen LogP contribution in [0, 0.1) is 0 Å². The maximum absolute atomic E-state index is 12.2. The number of nitrogens with zero attached hydrogens (tertiary/aromatic N) is 1. The fourth-order valence-corrected chi connectivity index (χ4v) is 3.28. The van der Waals surface area contributed by atoms with Crippen LogP contribution < -0.4 is 14.2 Å². The molecule has 0 saturated carbocycles. The number of fused-ring (bicyclic) bond motifs is 1. The number of rotatable bonds is 5. The van der Waals surface area contributed by atoms with E-state index in [1.54, 1.807) is 0 Å². The third-order valence-electron chi connectivity index (χ3n) is 2.74. The van der Waals surface area contributed by atoms with Crippen LogP contribution in [0.3, 0.4) is 0 Å². The molecule has 0 amide bonds. The molecule has 0 aliphatic carbocycles. The van der Waals surface area contributed by atoms with Gasteiger partial charge in [0.25, 0.3) is 0 Å². The van der Waals surface area contributed by atoms with Crippen LogP contribution in [0.25, 0.3) is 0 Å². The quantitative estimate of drug-likeness (QED) is 0.875. The summed E-state index contributed by atoms with van der Waals surface area (Å²) in [5, 5.41) is 0.117. The minimum atomic E-state index is -3.66. The minimum Gasteiger partial charge on any atom is -0.486 e. The summed E-state index contributed by atoms with van der Waals surface area (Å²) in [6.07, 6.45) is 0. The lowest BCUT2D eigenvalue weighted by Gasteiger charge is -2.20. The largest absolute Gasteiger partial charge is 0.486 e. The second kappa shape index (κ2) is 6.17. The molecule has 0 radical (unpaired) electrons. The molecule has 1 aliphatic heterocycles. The summed E-state index contributed by atoms with van der Waals surface area (Å²) in [6.45, 7) is 1.72. The van der Waals surface area contributed by atoms with Gasteiger partial charge in [-0.05, 0) is 14.1 Å². The van der Waals surface area contributed by atoms with Crippen molar-refractivity contribution in [3.8, 4) is 11.5 Å². The molecule has 0 saturated heterocycles. The summed E-state index contributed by atoms with van der Waals surface area (Å²) in [6, 6.07) is 2.87. The van der Waals surface area contributed by atoms with Crippen LogP contribution in [0.1, 0.15) is 0 Å². The van der Waals surface area contributed by atoms with E-state index in [9.17, 15) is 8.42 Å². The van der Waals surface area contributed by atoms with E-state index < -0.39 is 10.0 Å². The molecule has 0 unspecified atom stereocenters. The maximum Gasteiger partial charge on any atom is 0.242 e. The molecule has 2 rings (SSSR count). The Kier molecular flexibility index (Phi) is 4.74. The SMILES string of the molecule is CN(C)CCNS(=O)(=O)c1cc2c(cc1Cl)OCCO2. The zero-order chi connectivity index (χ0) is 14.8. The molecule has 112 valence electrons. The van der Waals surface area contributed by atoms with Crippen LogP contribution in [-0.2, 0) is 10.0 Å². The van der Waals surface area contributed by atoms with E-state index >= 15 is 0 Å². The summed E-state index contributed by atoms with van der Waals surface area (Å²) >= 11 is 6.02. The first-order valence-electron chi connectivity index (χ1n) is 6.14. The van der Waals surface area contributed by atoms with Gasteiger partial charge in [-0.25, -0.2) is 13.1 Å². The van der Waals surface area contributed by atoms with Crippen molar-refractivity contribution >= 4 is 21.6 Å². The summed E-state index contributed by atoms with van der Waals surface area (Å²) in [4.78, 5) is 1.88. The number of halogens is 1. The van der Waals surface area contributed by atoms with Gasteiger partial charge in [0.05, 0.1) is 5.02 Å². The minimum absolute atomic E-state index is 0.00201. The highest BCUT2D eigenvalue weighted by Gasteiger charge is 2.23. The molecule has 20 heavy (non-hydrogen) atoms. The summed E-state index contributed by atoms with van der Waals surface area (Å²) in [5.41, 5.74) is 0.